The summed E-state index contributed by atoms with van der Waals surface area (Å²) in [6.45, 7) is 5.82. The Labute approximate surface area is 167 Å². The van der Waals surface area contributed by atoms with Crippen molar-refractivity contribution in [3.05, 3.63) is 59.2 Å². The highest BCUT2D eigenvalue weighted by atomic mass is 32.2. The summed E-state index contributed by atoms with van der Waals surface area (Å²) in [7, 11) is 0. The van der Waals surface area contributed by atoms with Crippen LogP contribution in [-0.2, 0) is 4.79 Å². The predicted molar refractivity (Wildman–Crippen MR) is 109 cm³/mol. The van der Waals surface area contributed by atoms with E-state index in [0.29, 0.717) is 22.8 Å². The van der Waals surface area contributed by atoms with E-state index in [-0.39, 0.29) is 17.4 Å². The number of tetrazole rings is 1. The quantitative estimate of drug-likeness (QED) is 0.486. The number of carbonyl (C=O) groups excluding carboxylic acids is 2. The number of hydrogen-bond donors (Lipinski definition) is 1. The fourth-order valence-electron chi connectivity index (χ4n) is 2.67. The molecule has 144 valence electrons. The van der Waals surface area contributed by atoms with Gasteiger partial charge in [0.2, 0.25) is 11.1 Å². The minimum Gasteiger partial charge on any atom is -0.326 e. The Morgan fingerprint density at radius 2 is 1.86 bits per heavy atom. The first kappa shape index (κ1) is 19.8. The van der Waals surface area contributed by atoms with E-state index in [2.05, 4.69) is 26.9 Å². The first-order valence-corrected chi connectivity index (χ1v) is 9.88. The molecule has 0 radical (unpaired) electrons. The van der Waals surface area contributed by atoms with Crippen LogP contribution in [0.5, 0.6) is 0 Å². The van der Waals surface area contributed by atoms with Crippen molar-refractivity contribution in [3.8, 4) is 5.69 Å². The summed E-state index contributed by atoms with van der Waals surface area (Å²) >= 11 is 1.29. The van der Waals surface area contributed by atoms with Crippen LogP contribution in [0.25, 0.3) is 5.69 Å². The Bertz CT molecular complexity index is 998. The molecular formula is C20H21N5O2S. The van der Waals surface area contributed by atoms with Crippen molar-refractivity contribution in [3.63, 3.8) is 0 Å². The summed E-state index contributed by atoms with van der Waals surface area (Å²) in [6, 6.07) is 12.9. The molecule has 0 unspecified atom stereocenters. The van der Waals surface area contributed by atoms with Crippen molar-refractivity contribution in [2.75, 3.05) is 11.1 Å². The number of anilines is 1. The number of benzene rings is 2. The van der Waals surface area contributed by atoms with Gasteiger partial charge in [-0.25, -0.2) is 0 Å². The highest BCUT2D eigenvalue weighted by molar-refractivity contribution is 7.99. The molecule has 0 spiro atoms. The van der Waals surface area contributed by atoms with Crippen LogP contribution >= 0.6 is 11.8 Å². The highest BCUT2D eigenvalue weighted by Crippen LogP contribution is 2.22. The van der Waals surface area contributed by atoms with E-state index in [1.165, 1.54) is 11.8 Å². The maximum atomic E-state index is 12.5. The topological polar surface area (TPSA) is 89.8 Å². The second-order valence-electron chi connectivity index (χ2n) is 6.35. The molecule has 28 heavy (non-hydrogen) atoms. The number of aryl methyl sites for hydroxylation is 2. The maximum Gasteiger partial charge on any atom is 0.224 e. The number of nitrogens with one attached hydrogen (secondary N) is 1. The Kier molecular flexibility index (Phi) is 6.20. The zero-order valence-corrected chi connectivity index (χ0v) is 16.8. The van der Waals surface area contributed by atoms with Crippen LogP contribution in [0.3, 0.4) is 0 Å². The molecule has 0 saturated carbocycles. The van der Waals surface area contributed by atoms with Crippen molar-refractivity contribution in [2.45, 2.75) is 32.3 Å². The molecule has 0 aliphatic heterocycles. The monoisotopic (exact) mass is 395 g/mol. The summed E-state index contributed by atoms with van der Waals surface area (Å²) in [5.41, 5.74) is 4.37. The Morgan fingerprint density at radius 3 is 2.54 bits per heavy atom. The number of ketones is 1. The lowest BCUT2D eigenvalue weighted by Gasteiger charge is -2.08. The van der Waals surface area contributed by atoms with Crippen molar-refractivity contribution < 1.29 is 9.59 Å². The molecule has 7 nitrogen and oxygen atoms in total. The third-order valence-electron chi connectivity index (χ3n) is 4.17. The first-order valence-electron chi connectivity index (χ1n) is 8.90. The van der Waals surface area contributed by atoms with Crippen LogP contribution in [0, 0.1) is 13.8 Å². The fourth-order valence-corrected chi connectivity index (χ4v) is 3.44. The third-order valence-corrected chi connectivity index (χ3v) is 5.08. The van der Waals surface area contributed by atoms with Gasteiger partial charge in [0.15, 0.2) is 5.78 Å². The fraction of sp³-hybridized carbons (Fsp3) is 0.250. The Balaban J connectivity index is 1.67. The number of Topliss-reactive ketones (excluding diaryl/α,β-unsaturated/α-hetero) is 1. The van der Waals surface area contributed by atoms with E-state index in [4.69, 9.17) is 0 Å². The van der Waals surface area contributed by atoms with Gasteiger partial charge in [-0.15, -0.1) is 5.10 Å². The number of nitrogens with zero attached hydrogens (tertiary/aromatic N) is 4. The van der Waals surface area contributed by atoms with Crippen molar-refractivity contribution in [1.82, 2.24) is 20.2 Å². The van der Waals surface area contributed by atoms with Gasteiger partial charge in [0, 0.05) is 17.7 Å². The predicted octanol–water partition coefficient (Wildman–Crippen LogP) is 3.60. The maximum absolute atomic E-state index is 12.5. The number of carbonyl (C=O) groups is 2. The highest BCUT2D eigenvalue weighted by Gasteiger charge is 2.14. The molecule has 0 fully saturated rings. The van der Waals surface area contributed by atoms with Gasteiger partial charge in [-0.1, -0.05) is 36.4 Å². The lowest BCUT2D eigenvalue weighted by molar-refractivity contribution is -0.115. The van der Waals surface area contributed by atoms with Crippen LogP contribution < -0.4 is 5.32 Å². The van der Waals surface area contributed by atoms with E-state index in [1.807, 2.05) is 26.0 Å². The smallest absolute Gasteiger partial charge is 0.224 e. The molecule has 0 aliphatic rings. The molecular weight excluding hydrogens is 374 g/mol. The van der Waals surface area contributed by atoms with E-state index in [0.717, 1.165) is 16.8 Å². The molecule has 1 aromatic heterocycles. The van der Waals surface area contributed by atoms with Crippen molar-refractivity contribution in [1.29, 1.82) is 0 Å². The van der Waals surface area contributed by atoms with Gasteiger partial charge < -0.3 is 5.32 Å². The summed E-state index contributed by atoms with van der Waals surface area (Å²) in [6.07, 6.45) is 0.409. The van der Waals surface area contributed by atoms with Crippen molar-refractivity contribution in [2.24, 2.45) is 0 Å². The van der Waals surface area contributed by atoms with Gasteiger partial charge in [-0.05, 0) is 60.2 Å². The summed E-state index contributed by atoms with van der Waals surface area (Å²) in [5, 5.41) is 15.2. The number of aromatic nitrogens is 4. The standard InChI is InChI=1S/C20H21N5O2S/c1-4-19(27)21-16-8-6-15(7-9-16)18(26)12-28-20-22-23-24-25(20)17-10-5-13(2)11-14(17)3/h5-11H,4,12H2,1-3H3,(H,21,27). The van der Waals surface area contributed by atoms with Crippen LogP contribution in [0.15, 0.2) is 47.6 Å². The zero-order valence-electron chi connectivity index (χ0n) is 16.0. The molecule has 0 aliphatic carbocycles. The summed E-state index contributed by atoms with van der Waals surface area (Å²) in [4.78, 5) is 23.9. The average Bonchev–Trinajstić information content (AvgIpc) is 3.15. The molecule has 1 heterocycles. The van der Waals surface area contributed by atoms with Gasteiger partial charge >= 0.3 is 0 Å². The van der Waals surface area contributed by atoms with E-state index in [9.17, 15) is 9.59 Å². The lowest BCUT2D eigenvalue weighted by atomic mass is 10.1. The molecule has 3 rings (SSSR count). The molecule has 1 amide bonds. The van der Waals surface area contributed by atoms with Gasteiger partial charge in [0.05, 0.1) is 11.4 Å². The average molecular weight is 395 g/mol. The van der Waals surface area contributed by atoms with Crippen LogP contribution in [0.2, 0.25) is 0 Å². The summed E-state index contributed by atoms with van der Waals surface area (Å²) < 4.78 is 1.65. The molecule has 0 atom stereocenters. The van der Waals surface area contributed by atoms with Crippen LogP contribution in [-0.4, -0.2) is 37.7 Å². The molecule has 1 N–H and O–H groups in total. The number of rotatable bonds is 7. The van der Waals surface area contributed by atoms with Gasteiger partial charge in [-0.3, -0.25) is 9.59 Å². The van der Waals surface area contributed by atoms with Crippen LogP contribution in [0.4, 0.5) is 5.69 Å². The minimum atomic E-state index is -0.0622. The zero-order chi connectivity index (χ0) is 20.1. The first-order chi connectivity index (χ1) is 13.5. The second-order valence-corrected chi connectivity index (χ2v) is 7.30. The molecule has 8 heteroatoms. The molecule has 0 bridgehead atoms. The Hall–Kier alpha value is -3.00. The molecule has 3 aromatic rings. The summed E-state index contributed by atoms with van der Waals surface area (Å²) in [5.74, 6) is 0.118. The van der Waals surface area contributed by atoms with Gasteiger partial charge in [0.1, 0.15) is 0 Å². The SMILES string of the molecule is CCC(=O)Nc1ccc(C(=O)CSc2nnnn2-c2ccc(C)cc2C)cc1. The lowest BCUT2D eigenvalue weighted by Crippen LogP contribution is -2.10. The number of amides is 1. The minimum absolute atomic E-state index is 0.0338. The van der Waals surface area contributed by atoms with Crippen molar-refractivity contribution >= 4 is 29.1 Å². The number of thioether (sulfide) groups is 1. The van der Waals surface area contributed by atoms with Gasteiger partial charge in [-0.2, -0.15) is 4.68 Å². The molecule has 0 saturated heterocycles. The van der Waals surface area contributed by atoms with Gasteiger partial charge in [0.25, 0.3) is 0 Å². The van der Waals surface area contributed by atoms with E-state index in [1.54, 1.807) is 35.9 Å². The van der Waals surface area contributed by atoms with Crippen LogP contribution in [0.1, 0.15) is 34.8 Å². The van der Waals surface area contributed by atoms with E-state index >= 15 is 0 Å². The van der Waals surface area contributed by atoms with E-state index < -0.39 is 0 Å². The Morgan fingerprint density at radius 1 is 1.11 bits per heavy atom. The second kappa shape index (κ2) is 8.79. The number of hydrogen-bond acceptors (Lipinski definition) is 6. The third kappa shape index (κ3) is 4.64. The normalized spacial score (nSPS) is 10.7. The molecule has 2 aromatic carbocycles. The largest absolute Gasteiger partial charge is 0.326 e.